The van der Waals surface area contributed by atoms with Gasteiger partial charge in [-0.15, -0.1) is 0 Å². The van der Waals surface area contributed by atoms with Crippen LogP contribution in [0.2, 0.25) is 0 Å². The van der Waals surface area contributed by atoms with Crippen LogP contribution in [0.25, 0.3) is 0 Å². The van der Waals surface area contributed by atoms with E-state index in [-0.39, 0.29) is 37.0 Å². The average molecular weight is 411 g/mol. The molecule has 0 saturated carbocycles. The summed E-state index contributed by atoms with van der Waals surface area (Å²) in [6.45, 7) is 6.70. The summed E-state index contributed by atoms with van der Waals surface area (Å²) in [5.41, 5.74) is -0.786. The zero-order valence-electron chi connectivity index (χ0n) is 17.0. The third kappa shape index (κ3) is 7.44. The van der Waals surface area contributed by atoms with Crippen LogP contribution >= 0.6 is 0 Å². The Kier molecular flexibility index (Phi) is 7.70. The van der Waals surface area contributed by atoms with Crippen molar-refractivity contribution >= 4 is 17.8 Å². The third-order valence-corrected chi connectivity index (χ3v) is 4.53. The quantitative estimate of drug-likeness (QED) is 0.520. The van der Waals surface area contributed by atoms with E-state index in [0.717, 1.165) is 12.1 Å². The average Bonchev–Trinajstić information content (AvgIpc) is 2.63. The highest BCUT2D eigenvalue weighted by Gasteiger charge is 2.27. The van der Waals surface area contributed by atoms with Gasteiger partial charge in [-0.05, 0) is 51.7 Å². The molecule has 1 amide bonds. The minimum Gasteiger partial charge on any atom is -0.465 e. The number of amides is 1. The lowest BCUT2D eigenvalue weighted by atomic mass is 9.98. The lowest BCUT2D eigenvalue weighted by molar-refractivity contribution is -0.145. The molecule has 0 aromatic heterocycles. The fourth-order valence-corrected chi connectivity index (χ4v) is 2.96. The van der Waals surface area contributed by atoms with Gasteiger partial charge in [-0.2, -0.15) is 0 Å². The summed E-state index contributed by atoms with van der Waals surface area (Å²) in [6.07, 6.45) is 0.642. The van der Waals surface area contributed by atoms with E-state index in [0.29, 0.717) is 32.0 Å². The van der Waals surface area contributed by atoms with Gasteiger partial charge >= 0.3 is 12.1 Å². The van der Waals surface area contributed by atoms with Crippen molar-refractivity contribution in [2.45, 2.75) is 52.1 Å². The number of hydrogen-bond donors (Lipinski definition) is 0. The van der Waals surface area contributed by atoms with Gasteiger partial charge in [0, 0.05) is 25.6 Å². The number of esters is 1. The van der Waals surface area contributed by atoms with Crippen molar-refractivity contribution in [3.8, 4) is 0 Å². The van der Waals surface area contributed by atoms with Gasteiger partial charge in [0.1, 0.15) is 17.2 Å². The summed E-state index contributed by atoms with van der Waals surface area (Å²) >= 11 is 0. The van der Waals surface area contributed by atoms with E-state index in [1.807, 2.05) is 20.8 Å². The summed E-state index contributed by atoms with van der Waals surface area (Å²) in [5.74, 6) is -2.71. The summed E-state index contributed by atoms with van der Waals surface area (Å²) in [4.78, 5) is 37.5. The number of halogens is 2. The van der Waals surface area contributed by atoms with Gasteiger partial charge in [0.05, 0.1) is 18.6 Å². The number of piperidine rings is 1. The van der Waals surface area contributed by atoms with Gasteiger partial charge in [0.15, 0.2) is 5.78 Å². The van der Waals surface area contributed by atoms with E-state index in [1.54, 1.807) is 4.90 Å². The Bertz CT molecular complexity index is 752. The molecule has 0 atom stereocenters. The van der Waals surface area contributed by atoms with E-state index < -0.39 is 29.0 Å². The number of carbonyl (C=O) groups excluding carboxylic acids is 3. The molecule has 2 rings (SSSR count). The summed E-state index contributed by atoms with van der Waals surface area (Å²) < 4.78 is 37.0. The van der Waals surface area contributed by atoms with Crippen molar-refractivity contribution in [1.29, 1.82) is 0 Å². The Morgan fingerprint density at radius 3 is 2.34 bits per heavy atom. The van der Waals surface area contributed by atoms with Gasteiger partial charge in [-0.25, -0.2) is 13.6 Å². The van der Waals surface area contributed by atoms with Crippen LogP contribution < -0.4 is 0 Å². The molecule has 0 radical (unpaired) electrons. The molecule has 1 fully saturated rings. The second-order valence-corrected chi connectivity index (χ2v) is 8.14. The topological polar surface area (TPSA) is 72.9 Å². The first-order valence-electron chi connectivity index (χ1n) is 9.67. The van der Waals surface area contributed by atoms with Gasteiger partial charge in [0.25, 0.3) is 0 Å². The highest BCUT2D eigenvalue weighted by Crippen LogP contribution is 2.20. The predicted octanol–water partition coefficient (Wildman–Crippen LogP) is 4.12. The molecule has 1 aliphatic heterocycles. The Hall–Kier alpha value is -2.51. The number of rotatable bonds is 6. The normalized spacial score (nSPS) is 15.1. The smallest absolute Gasteiger partial charge is 0.410 e. The highest BCUT2D eigenvalue weighted by atomic mass is 19.1. The number of ether oxygens (including phenoxy) is 2. The molecule has 1 aromatic rings. The Balaban J connectivity index is 1.68. The molecule has 1 aliphatic rings. The molecule has 0 aliphatic carbocycles. The second kappa shape index (κ2) is 9.80. The van der Waals surface area contributed by atoms with Crippen molar-refractivity contribution in [3.63, 3.8) is 0 Å². The molecule has 0 N–H and O–H groups in total. The van der Waals surface area contributed by atoms with Gasteiger partial charge in [-0.1, -0.05) is 0 Å². The van der Waals surface area contributed by atoms with Crippen LogP contribution in [-0.4, -0.2) is 48.0 Å². The summed E-state index contributed by atoms with van der Waals surface area (Å²) in [7, 11) is 0. The number of benzene rings is 1. The number of ketones is 1. The van der Waals surface area contributed by atoms with Crippen molar-refractivity contribution in [2.24, 2.45) is 5.92 Å². The maximum atomic E-state index is 13.6. The third-order valence-electron chi connectivity index (χ3n) is 4.53. The predicted molar refractivity (Wildman–Crippen MR) is 101 cm³/mol. The van der Waals surface area contributed by atoms with Crippen LogP contribution in [0, 0.1) is 17.6 Å². The lowest BCUT2D eigenvalue weighted by Crippen LogP contribution is -2.42. The molecular weight excluding hydrogens is 384 g/mol. The standard InChI is InChI=1S/C21H27F2NO5/c1-21(2,3)29-20(27)24-10-8-14(9-11-24)13-28-19(26)7-6-18(25)16-5-4-15(22)12-17(16)23/h4-5,12,14H,6-11,13H2,1-3H3. The summed E-state index contributed by atoms with van der Waals surface area (Å²) in [6, 6.07) is 2.70. The van der Waals surface area contributed by atoms with Crippen molar-refractivity contribution in [2.75, 3.05) is 19.7 Å². The fourth-order valence-electron chi connectivity index (χ4n) is 2.96. The molecule has 0 spiro atoms. The summed E-state index contributed by atoms with van der Waals surface area (Å²) in [5, 5.41) is 0. The molecule has 160 valence electrons. The van der Waals surface area contributed by atoms with Crippen LogP contribution in [0.3, 0.4) is 0 Å². The molecule has 8 heteroatoms. The monoisotopic (exact) mass is 411 g/mol. The van der Waals surface area contributed by atoms with Gasteiger partial charge in [0.2, 0.25) is 0 Å². The van der Waals surface area contributed by atoms with Crippen LogP contribution in [0.5, 0.6) is 0 Å². The van der Waals surface area contributed by atoms with E-state index >= 15 is 0 Å². The molecule has 0 bridgehead atoms. The van der Waals surface area contributed by atoms with E-state index in [4.69, 9.17) is 9.47 Å². The SMILES string of the molecule is CC(C)(C)OC(=O)N1CCC(COC(=O)CCC(=O)c2ccc(F)cc2F)CC1. The maximum Gasteiger partial charge on any atom is 0.410 e. The van der Waals surface area contributed by atoms with Gasteiger partial charge < -0.3 is 14.4 Å². The van der Waals surface area contributed by atoms with Crippen LogP contribution in [0.15, 0.2) is 18.2 Å². The van der Waals surface area contributed by atoms with Crippen LogP contribution in [-0.2, 0) is 14.3 Å². The van der Waals surface area contributed by atoms with Crippen LogP contribution in [0.1, 0.15) is 56.8 Å². The van der Waals surface area contributed by atoms with Crippen molar-refractivity contribution in [1.82, 2.24) is 4.90 Å². The molecule has 6 nitrogen and oxygen atoms in total. The number of nitrogens with zero attached hydrogens (tertiary/aromatic N) is 1. The zero-order chi connectivity index (χ0) is 21.6. The fraction of sp³-hybridized carbons (Fsp3) is 0.571. The largest absolute Gasteiger partial charge is 0.465 e. The highest BCUT2D eigenvalue weighted by molar-refractivity contribution is 5.97. The minimum absolute atomic E-state index is 0.128. The molecule has 1 aromatic carbocycles. The van der Waals surface area contributed by atoms with Crippen molar-refractivity contribution in [3.05, 3.63) is 35.4 Å². The molecule has 0 unspecified atom stereocenters. The number of hydrogen-bond acceptors (Lipinski definition) is 5. The number of carbonyl (C=O) groups is 3. The Labute approximate surface area is 169 Å². The van der Waals surface area contributed by atoms with Crippen LogP contribution in [0.4, 0.5) is 13.6 Å². The van der Waals surface area contributed by atoms with Gasteiger partial charge in [-0.3, -0.25) is 9.59 Å². The first-order valence-corrected chi connectivity index (χ1v) is 9.67. The maximum absolute atomic E-state index is 13.6. The molecule has 1 saturated heterocycles. The Morgan fingerprint density at radius 2 is 1.76 bits per heavy atom. The van der Waals surface area contributed by atoms with E-state index in [1.165, 1.54) is 0 Å². The molecule has 29 heavy (non-hydrogen) atoms. The molecule has 1 heterocycles. The number of likely N-dealkylation sites (tertiary alicyclic amines) is 1. The lowest BCUT2D eigenvalue weighted by Gasteiger charge is -2.33. The number of Topliss-reactive ketones (excluding diaryl/α,β-unsaturated/α-hetero) is 1. The minimum atomic E-state index is -0.944. The first-order chi connectivity index (χ1) is 13.5. The van der Waals surface area contributed by atoms with Crippen molar-refractivity contribution < 1.29 is 32.6 Å². The first kappa shape index (κ1) is 22.8. The zero-order valence-corrected chi connectivity index (χ0v) is 17.0. The van der Waals surface area contributed by atoms with E-state index in [9.17, 15) is 23.2 Å². The molecular formula is C21H27F2NO5. The van der Waals surface area contributed by atoms with E-state index in [2.05, 4.69) is 0 Å². The second-order valence-electron chi connectivity index (χ2n) is 8.14. The Morgan fingerprint density at radius 1 is 1.10 bits per heavy atom.